The van der Waals surface area contributed by atoms with Crippen molar-refractivity contribution in [3.8, 4) is 0 Å². The van der Waals surface area contributed by atoms with Gasteiger partial charge in [-0.2, -0.15) is 4.98 Å². The molecule has 0 spiro atoms. The first-order chi connectivity index (χ1) is 8.85. The highest BCUT2D eigenvalue weighted by Crippen LogP contribution is 2.51. The van der Waals surface area contributed by atoms with Gasteiger partial charge in [0, 0.05) is 6.54 Å². The first-order valence-electron chi connectivity index (χ1n) is 6.08. The lowest BCUT2D eigenvalue weighted by atomic mass is 10.1. The van der Waals surface area contributed by atoms with Crippen LogP contribution in [0.15, 0.2) is 0 Å². The summed E-state index contributed by atoms with van der Waals surface area (Å²) in [5.41, 5.74) is 2.80. The highest BCUT2D eigenvalue weighted by Gasteiger charge is 2.45. The molecule has 0 saturated heterocycles. The van der Waals surface area contributed by atoms with Crippen LogP contribution < -0.4 is 16.6 Å². The van der Waals surface area contributed by atoms with Gasteiger partial charge < -0.3 is 5.32 Å². The molecule has 0 aromatic carbocycles. The van der Waals surface area contributed by atoms with Gasteiger partial charge in [0.1, 0.15) is 5.69 Å². The Morgan fingerprint density at radius 3 is 2.63 bits per heavy atom. The molecule has 1 heterocycles. The molecule has 8 heteroatoms. The fourth-order valence-corrected chi connectivity index (χ4v) is 2.12. The van der Waals surface area contributed by atoms with E-state index in [1.54, 1.807) is 6.92 Å². The van der Waals surface area contributed by atoms with Gasteiger partial charge in [0.15, 0.2) is 0 Å². The Balaban J connectivity index is 2.21. The summed E-state index contributed by atoms with van der Waals surface area (Å²) in [6.07, 6.45) is 1.11. The normalized spacial score (nSPS) is 19.9. The maximum absolute atomic E-state index is 11.1. The summed E-state index contributed by atoms with van der Waals surface area (Å²) in [6, 6.07) is 0. The number of aromatic nitrogens is 2. The molecule has 1 atom stereocenters. The van der Waals surface area contributed by atoms with Crippen LogP contribution in [-0.2, 0) is 0 Å². The number of nitrogens with zero attached hydrogens (tertiary/aromatic N) is 3. The van der Waals surface area contributed by atoms with E-state index in [0.717, 1.165) is 6.42 Å². The van der Waals surface area contributed by atoms with E-state index in [-0.39, 0.29) is 23.1 Å². The Morgan fingerprint density at radius 1 is 1.53 bits per heavy atom. The van der Waals surface area contributed by atoms with Crippen molar-refractivity contribution in [1.29, 1.82) is 0 Å². The molecular weight excluding hydrogens is 248 g/mol. The molecule has 1 aliphatic rings. The standard InChI is InChI=1S/C11H18N6O2/c1-6-8(17(18)19)9(15-10(14-6)16-12)13-5-7-4-11(7,2)3/h7H,4-5,12H2,1-3H3,(H2,13,14,15,16). The van der Waals surface area contributed by atoms with Gasteiger partial charge in [-0.1, -0.05) is 13.8 Å². The van der Waals surface area contributed by atoms with Crippen molar-refractivity contribution in [2.45, 2.75) is 27.2 Å². The number of hydrogen-bond donors (Lipinski definition) is 3. The molecule has 19 heavy (non-hydrogen) atoms. The smallest absolute Gasteiger partial charge is 0.332 e. The lowest BCUT2D eigenvalue weighted by molar-refractivity contribution is -0.385. The van der Waals surface area contributed by atoms with Crippen LogP contribution in [0.5, 0.6) is 0 Å². The minimum absolute atomic E-state index is 0.0996. The summed E-state index contributed by atoms with van der Waals surface area (Å²) < 4.78 is 0. The Bertz CT molecular complexity index is 516. The maximum atomic E-state index is 11.1. The molecule has 104 valence electrons. The fourth-order valence-electron chi connectivity index (χ4n) is 2.12. The zero-order valence-electron chi connectivity index (χ0n) is 11.2. The zero-order chi connectivity index (χ0) is 14.2. The number of nitrogens with one attached hydrogen (secondary N) is 2. The molecule has 0 amide bonds. The van der Waals surface area contributed by atoms with Crippen LogP contribution >= 0.6 is 0 Å². The number of anilines is 2. The number of nitro groups is 1. The third kappa shape index (κ3) is 2.73. The number of nitrogens with two attached hydrogens (primary N) is 1. The van der Waals surface area contributed by atoms with Crippen molar-refractivity contribution >= 4 is 17.5 Å². The minimum atomic E-state index is -0.476. The van der Waals surface area contributed by atoms with Crippen LogP contribution in [0.25, 0.3) is 0 Å². The Kier molecular flexibility index (Phi) is 3.27. The van der Waals surface area contributed by atoms with Gasteiger partial charge in [0.05, 0.1) is 4.92 Å². The van der Waals surface area contributed by atoms with E-state index in [1.165, 1.54) is 0 Å². The van der Waals surface area contributed by atoms with Gasteiger partial charge in [-0.15, -0.1) is 0 Å². The Labute approximate surface area is 110 Å². The van der Waals surface area contributed by atoms with Crippen LogP contribution in [0.2, 0.25) is 0 Å². The molecule has 2 rings (SSSR count). The molecule has 1 aromatic rings. The summed E-state index contributed by atoms with van der Waals surface area (Å²) in [5.74, 6) is 6.15. The van der Waals surface area contributed by atoms with E-state index in [1.807, 2.05) is 0 Å². The summed E-state index contributed by atoms with van der Waals surface area (Å²) >= 11 is 0. The number of aryl methyl sites for hydroxylation is 1. The van der Waals surface area contributed by atoms with E-state index in [0.29, 0.717) is 17.9 Å². The number of rotatable bonds is 5. The van der Waals surface area contributed by atoms with Gasteiger partial charge in [-0.3, -0.25) is 15.5 Å². The van der Waals surface area contributed by atoms with E-state index < -0.39 is 4.92 Å². The molecule has 0 aliphatic heterocycles. The third-order valence-electron chi connectivity index (χ3n) is 3.60. The number of hydrogen-bond acceptors (Lipinski definition) is 7. The minimum Gasteiger partial charge on any atom is -0.364 e. The fraction of sp³-hybridized carbons (Fsp3) is 0.636. The van der Waals surface area contributed by atoms with Crippen LogP contribution in [0, 0.1) is 28.4 Å². The van der Waals surface area contributed by atoms with Gasteiger partial charge >= 0.3 is 5.69 Å². The summed E-state index contributed by atoms with van der Waals surface area (Å²) in [6.45, 7) is 6.57. The van der Waals surface area contributed by atoms with Crippen molar-refractivity contribution in [3.63, 3.8) is 0 Å². The van der Waals surface area contributed by atoms with Crippen LogP contribution in [-0.4, -0.2) is 21.4 Å². The highest BCUT2D eigenvalue weighted by molar-refractivity contribution is 5.60. The largest absolute Gasteiger partial charge is 0.364 e. The van der Waals surface area contributed by atoms with Crippen molar-refractivity contribution in [3.05, 3.63) is 15.8 Å². The molecule has 1 unspecified atom stereocenters. The second-order valence-corrected chi connectivity index (χ2v) is 5.50. The first-order valence-corrected chi connectivity index (χ1v) is 6.08. The third-order valence-corrected chi connectivity index (χ3v) is 3.60. The van der Waals surface area contributed by atoms with Crippen LogP contribution in [0.4, 0.5) is 17.5 Å². The Morgan fingerprint density at radius 2 is 2.16 bits per heavy atom. The van der Waals surface area contributed by atoms with E-state index >= 15 is 0 Å². The summed E-state index contributed by atoms with van der Waals surface area (Å²) in [5, 5.41) is 14.1. The van der Waals surface area contributed by atoms with Gasteiger partial charge in [0.25, 0.3) is 0 Å². The van der Waals surface area contributed by atoms with E-state index in [9.17, 15) is 10.1 Å². The molecule has 8 nitrogen and oxygen atoms in total. The molecule has 4 N–H and O–H groups in total. The van der Waals surface area contributed by atoms with E-state index in [4.69, 9.17) is 5.84 Å². The van der Waals surface area contributed by atoms with Crippen molar-refractivity contribution in [2.24, 2.45) is 17.2 Å². The monoisotopic (exact) mass is 266 g/mol. The zero-order valence-corrected chi connectivity index (χ0v) is 11.2. The predicted molar refractivity (Wildman–Crippen MR) is 71.6 cm³/mol. The number of nitrogen functional groups attached to an aromatic ring is 1. The molecule has 0 radical (unpaired) electrons. The lowest BCUT2D eigenvalue weighted by Crippen LogP contribution is -2.16. The lowest BCUT2D eigenvalue weighted by Gasteiger charge is -2.10. The molecule has 0 bridgehead atoms. The molecule has 1 fully saturated rings. The van der Waals surface area contributed by atoms with Crippen LogP contribution in [0.1, 0.15) is 26.0 Å². The van der Waals surface area contributed by atoms with Crippen molar-refractivity contribution < 1.29 is 4.92 Å². The molecule has 1 aliphatic carbocycles. The summed E-state index contributed by atoms with van der Waals surface area (Å²) in [4.78, 5) is 18.5. The Hall–Kier alpha value is -1.96. The second kappa shape index (κ2) is 4.61. The summed E-state index contributed by atoms with van der Waals surface area (Å²) in [7, 11) is 0. The topological polar surface area (TPSA) is 119 Å². The SMILES string of the molecule is Cc1nc(NN)nc(NCC2CC2(C)C)c1[N+](=O)[O-]. The average Bonchev–Trinajstić information content (AvgIpc) is 2.93. The van der Waals surface area contributed by atoms with Crippen LogP contribution in [0.3, 0.4) is 0 Å². The average molecular weight is 266 g/mol. The second-order valence-electron chi connectivity index (χ2n) is 5.50. The predicted octanol–water partition coefficient (Wildman–Crippen LogP) is 1.44. The molecular formula is C11H18N6O2. The highest BCUT2D eigenvalue weighted by atomic mass is 16.6. The molecule has 1 saturated carbocycles. The quantitative estimate of drug-likeness (QED) is 0.419. The van der Waals surface area contributed by atoms with Gasteiger partial charge in [-0.25, -0.2) is 10.8 Å². The van der Waals surface area contributed by atoms with Gasteiger partial charge in [-0.05, 0) is 24.7 Å². The van der Waals surface area contributed by atoms with Crippen molar-refractivity contribution in [2.75, 3.05) is 17.3 Å². The first kappa shape index (κ1) is 13.5. The molecule has 1 aromatic heterocycles. The van der Waals surface area contributed by atoms with E-state index in [2.05, 4.69) is 34.6 Å². The van der Waals surface area contributed by atoms with Crippen molar-refractivity contribution in [1.82, 2.24) is 9.97 Å². The maximum Gasteiger partial charge on any atom is 0.332 e. The van der Waals surface area contributed by atoms with Gasteiger partial charge in [0.2, 0.25) is 11.8 Å². The number of hydrazine groups is 1.